The molecule has 1 aliphatic rings. The van der Waals surface area contributed by atoms with Crippen LogP contribution in [0.4, 0.5) is 0 Å². The first-order chi connectivity index (χ1) is 14.6. The van der Waals surface area contributed by atoms with Gasteiger partial charge in [-0.2, -0.15) is 0 Å². The molecule has 4 rings (SSSR count). The Morgan fingerprint density at radius 1 is 0.867 bits per heavy atom. The third kappa shape index (κ3) is 5.54. The van der Waals surface area contributed by atoms with E-state index >= 15 is 0 Å². The lowest BCUT2D eigenvalue weighted by Crippen LogP contribution is -2.47. The molecule has 30 heavy (non-hydrogen) atoms. The molecule has 156 valence electrons. The molecule has 4 nitrogen and oxygen atoms in total. The largest absolute Gasteiger partial charge is 0.491 e. The summed E-state index contributed by atoms with van der Waals surface area (Å²) < 4.78 is 11.9. The summed E-state index contributed by atoms with van der Waals surface area (Å²) in [6.45, 7) is 2.70. The Bertz CT molecular complexity index is 955. The van der Waals surface area contributed by atoms with E-state index in [-0.39, 0.29) is 0 Å². The number of halogens is 1. The Kier molecular flexibility index (Phi) is 6.58. The summed E-state index contributed by atoms with van der Waals surface area (Å²) in [5.41, 5.74) is 0.326. The fourth-order valence-corrected chi connectivity index (χ4v) is 3.82. The average molecular weight is 424 g/mol. The van der Waals surface area contributed by atoms with Crippen molar-refractivity contribution in [3.63, 3.8) is 0 Å². The zero-order valence-corrected chi connectivity index (χ0v) is 17.6. The van der Waals surface area contributed by atoms with Crippen molar-refractivity contribution in [2.75, 3.05) is 19.7 Å². The van der Waals surface area contributed by atoms with Gasteiger partial charge in [-0.1, -0.05) is 54.1 Å². The fraction of sp³-hybridized carbons (Fsp3) is 0.280. The van der Waals surface area contributed by atoms with Gasteiger partial charge in [-0.15, -0.1) is 0 Å². The average Bonchev–Trinajstić information content (AvgIpc) is 2.76. The molecule has 3 aromatic rings. The number of para-hydroxylation sites is 2. The summed E-state index contributed by atoms with van der Waals surface area (Å²) in [7, 11) is 0. The first kappa shape index (κ1) is 20.7. The molecule has 0 radical (unpaired) electrons. The Morgan fingerprint density at radius 2 is 1.57 bits per heavy atom. The molecule has 0 saturated carbocycles. The van der Waals surface area contributed by atoms with Gasteiger partial charge < -0.3 is 14.6 Å². The number of hydrogen-bond donors (Lipinski definition) is 1. The van der Waals surface area contributed by atoms with Crippen molar-refractivity contribution in [3.8, 4) is 17.2 Å². The normalized spacial score (nSPS) is 16.2. The van der Waals surface area contributed by atoms with Gasteiger partial charge in [-0.3, -0.25) is 4.90 Å². The summed E-state index contributed by atoms with van der Waals surface area (Å²) >= 11 is 6.08. The van der Waals surface area contributed by atoms with Gasteiger partial charge in [0, 0.05) is 30.2 Å². The van der Waals surface area contributed by atoms with E-state index < -0.39 is 5.60 Å². The first-order valence-corrected chi connectivity index (χ1v) is 10.6. The minimum absolute atomic E-state index is 0.319. The van der Waals surface area contributed by atoms with E-state index in [9.17, 15) is 5.11 Å². The molecule has 1 fully saturated rings. The third-order valence-electron chi connectivity index (χ3n) is 5.43. The summed E-state index contributed by atoms with van der Waals surface area (Å²) in [6, 6.07) is 25.1. The molecule has 0 bridgehead atoms. The van der Waals surface area contributed by atoms with E-state index in [4.69, 9.17) is 21.1 Å². The Hall–Kier alpha value is -2.53. The molecule has 1 heterocycles. The SMILES string of the molecule is OC1(COc2ccccc2)CCN(Cc2ccccc2Oc2cccc(Cl)c2)CC1. The molecule has 1 saturated heterocycles. The van der Waals surface area contributed by atoms with Crippen LogP contribution >= 0.6 is 11.6 Å². The van der Waals surface area contributed by atoms with E-state index in [0.29, 0.717) is 24.5 Å². The molecule has 0 amide bonds. The van der Waals surface area contributed by atoms with Gasteiger partial charge in [0.15, 0.2) is 0 Å². The van der Waals surface area contributed by atoms with Crippen LogP contribution in [0.25, 0.3) is 0 Å². The summed E-state index contributed by atoms with van der Waals surface area (Å²) in [5.74, 6) is 2.34. The van der Waals surface area contributed by atoms with Gasteiger partial charge in [0.25, 0.3) is 0 Å². The van der Waals surface area contributed by atoms with Crippen LogP contribution in [0.5, 0.6) is 17.2 Å². The van der Waals surface area contributed by atoms with E-state index in [1.165, 1.54) is 0 Å². The maximum atomic E-state index is 10.9. The second kappa shape index (κ2) is 9.52. The lowest BCUT2D eigenvalue weighted by molar-refractivity contribution is -0.0537. The summed E-state index contributed by atoms with van der Waals surface area (Å²) in [6.07, 6.45) is 1.36. The van der Waals surface area contributed by atoms with Gasteiger partial charge in [-0.05, 0) is 49.2 Å². The number of likely N-dealkylation sites (tertiary alicyclic amines) is 1. The molecular formula is C25H26ClNO3. The Morgan fingerprint density at radius 3 is 2.33 bits per heavy atom. The highest BCUT2D eigenvalue weighted by atomic mass is 35.5. The number of aliphatic hydroxyl groups is 1. The summed E-state index contributed by atoms with van der Waals surface area (Å²) in [4.78, 5) is 2.34. The maximum Gasteiger partial charge on any atom is 0.131 e. The van der Waals surface area contributed by atoms with E-state index in [2.05, 4.69) is 11.0 Å². The molecule has 0 unspecified atom stereocenters. The predicted octanol–water partition coefficient (Wildman–Crippen LogP) is 5.54. The van der Waals surface area contributed by atoms with Gasteiger partial charge in [-0.25, -0.2) is 0 Å². The van der Waals surface area contributed by atoms with Crippen molar-refractivity contribution >= 4 is 11.6 Å². The first-order valence-electron chi connectivity index (χ1n) is 10.2. The van der Waals surface area contributed by atoms with Gasteiger partial charge in [0.05, 0.1) is 0 Å². The zero-order chi connectivity index (χ0) is 20.8. The van der Waals surface area contributed by atoms with Crippen LogP contribution in [0.1, 0.15) is 18.4 Å². The third-order valence-corrected chi connectivity index (χ3v) is 5.66. The lowest BCUT2D eigenvalue weighted by Gasteiger charge is -2.38. The highest BCUT2D eigenvalue weighted by Crippen LogP contribution is 2.30. The predicted molar refractivity (Wildman–Crippen MR) is 119 cm³/mol. The van der Waals surface area contributed by atoms with Crippen LogP contribution in [0.15, 0.2) is 78.9 Å². The second-order valence-electron chi connectivity index (χ2n) is 7.77. The maximum absolute atomic E-state index is 10.9. The van der Waals surface area contributed by atoms with Crippen LogP contribution < -0.4 is 9.47 Å². The zero-order valence-electron chi connectivity index (χ0n) is 16.8. The molecule has 1 N–H and O–H groups in total. The minimum Gasteiger partial charge on any atom is -0.491 e. The fourth-order valence-electron chi connectivity index (χ4n) is 3.64. The molecule has 0 aliphatic carbocycles. The highest BCUT2D eigenvalue weighted by molar-refractivity contribution is 6.30. The quantitative estimate of drug-likeness (QED) is 0.541. The van der Waals surface area contributed by atoms with Crippen molar-refractivity contribution in [1.29, 1.82) is 0 Å². The smallest absolute Gasteiger partial charge is 0.131 e. The van der Waals surface area contributed by atoms with Crippen molar-refractivity contribution < 1.29 is 14.6 Å². The number of piperidine rings is 1. The molecule has 0 atom stereocenters. The lowest BCUT2D eigenvalue weighted by atomic mass is 9.92. The van der Waals surface area contributed by atoms with Crippen LogP contribution in [0.2, 0.25) is 5.02 Å². The molecule has 1 aliphatic heterocycles. The molecule has 0 aromatic heterocycles. The van der Waals surface area contributed by atoms with Crippen LogP contribution in [0, 0.1) is 0 Å². The van der Waals surface area contributed by atoms with Gasteiger partial charge >= 0.3 is 0 Å². The summed E-state index contributed by atoms with van der Waals surface area (Å²) in [5, 5.41) is 11.6. The standard InChI is InChI=1S/C25H26ClNO3/c26-21-8-6-11-23(17-21)30-24-12-5-4-7-20(24)18-27-15-13-25(28,14-16-27)19-29-22-9-2-1-3-10-22/h1-12,17,28H,13-16,18-19H2. The van der Waals surface area contributed by atoms with Gasteiger partial charge in [0.2, 0.25) is 0 Å². The number of benzene rings is 3. The van der Waals surface area contributed by atoms with E-state index in [1.54, 1.807) is 0 Å². The molecule has 5 heteroatoms. The van der Waals surface area contributed by atoms with Gasteiger partial charge in [0.1, 0.15) is 29.5 Å². The topological polar surface area (TPSA) is 41.9 Å². The van der Waals surface area contributed by atoms with Crippen LogP contribution in [-0.4, -0.2) is 35.3 Å². The Labute approximate surface area is 182 Å². The number of rotatable bonds is 7. The number of hydrogen-bond acceptors (Lipinski definition) is 4. The van der Waals surface area contributed by atoms with Crippen molar-refractivity contribution in [1.82, 2.24) is 4.90 Å². The second-order valence-corrected chi connectivity index (χ2v) is 8.21. The van der Waals surface area contributed by atoms with E-state index in [1.807, 2.05) is 72.8 Å². The highest BCUT2D eigenvalue weighted by Gasteiger charge is 2.33. The van der Waals surface area contributed by atoms with Crippen molar-refractivity contribution in [2.24, 2.45) is 0 Å². The molecule has 0 spiro atoms. The number of nitrogens with zero attached hydrogens (tertiary/aromatic N) is 1. The molecular weight excluding hydrogens is 398 g/mol. The number of ether oxygens (including phenoxy) is 2. The minimum atomic E-state index is -0.789. The van der Waals surface area contributed by atoms with Crippen LogP contribution in [-0.2, 0) is 6.54 Å². The van der Waals surface area contributed by atoms with E-state index in [0.717, 1.165) is 42.4 Å². The van der Waals surface area contributed by atoms with Crippen molar-refractivity contribution in [2.45, 2.75) is 25.0 Å². The molecule has 3 aromatic carbocycles. The monoisotopic (exact) mass is 423 g/mol. The van der Waals surface area contributed by atoms with Crippen molar-refractivity contribution in [3.05, 3.63) is 89.4 Å². The Balaban J connectivity index is 1.34. The van der Waals surface area contributed by atoms with Crippen LogP contribution in [0.3, 0.4) is 0 Å².